The number of fused-ring (bicyclic) bond motifs is 1. The first-order valence-electron chi connectivity index (χ1n) is 10.5. The lowest BCUT2D eigenvalue weighted by molar-refractivity contribution is -0.132. The average molecular weight is 473 g/mol. The predicted molar refractivity (Wildman–Crippen MR) is 125 cm³/mol. The molecule has 1 amide bonds. The van der Waals surface area contributed by atoms with Crippen LogP contribution in [0.1, 0.15) is 12.0 Å². The van der Waals surface area contributed by atoms with E-state index in [1.165, 1.54) is 17.7 Å². The Bertz CT molecular complexity index is 1210. The second-order valence-electron chi connectivity index (χ2n) is 7.75. The van der Waals surface area contributed by atoms with E-state index in [-0.39, 0.29) is 23.8 Å². The first kappa shape index (κ1) is 22.7. The first-order valence-corrected chi connectivity index (χ1v) is 12.4. The highest BCUT2D eigenvalue weighted by molar-refractivity contribution is 7.89. The summed E-state index contributed by atoms with van der Waals surface area (Å²) in [5.41, 5.74) is 2.19. The Kier molecular flexibility index (Phi) is 7.05. The van der Waals surface area contributed by atoms with Gasteiger partial charge in [-0.2, -0.15) is 0 Å². The standard InChI is InChI=1S/C23H25ClN4O3S/c24-20-7-2-8-21(16-20)32(30,31)26-11-9-22(29)28-14-12-27(13-15-28)17-19-5-1-4-18-6-3-10-25-23(18)19/h1-8,10,16,26H,9,11-15,17H2. The topological polar surface area (TPSA) is 82.6 Å². The van der Waals surface area contributed by atoms with Gasteiger partial charge in [-0.3, -0.25) is 14.7 Å². The van der Waals surface area contributed by atoms with Crippen molar-refractivity contribution in [3.05, 3.63) is 71.4 Å². The number of nitrogens with one attached hydrogen (secondary N) is 1. The van der Waals surface area contributed by atoms with Crippen molar-refractivity contribution in [1.82, 2.24) is 19.5 Å². The van der Waals surface area contributed by atoms with Crippen LogP contribution in [0.5, 0.6) is 0 Å². The molecule has 0 atom stereocenters. The van der Waals surface area contributed by atoms with Gasteiger partial charge in [0.1, 0.15) is 0 Å². The molecule has 0 saturated carbocycles. The van der Waals surface area contributed by atoms with E-state index in [4.69, 9.17) is 11.6 Å². The van der Waals surface area contributed by atoms with E-state index in [1.807, 2.05) is 18.3 Å². The highest BCUT2D eigenvalue weighted by Crippen LogP contribution is 2.19. The lowest BCUT2D eigenvalue weighted by Crippen LogP contribution is -2.48. The molecule has 1 aromatic heterocycles. The average Bonchev–Trinajstić information content (AvgIpc) is 2.80. The molecule has 4 rings (SSSR count). The number of benzene rings is 2. The van der Waals surface area contributed by atoms with Crippen molar-refractivity contribution in [2.45, 2.75) is 17.9 Å². The van der Waals surface area contributed by atoms with Crippen LogP contribution in [0.15, 0.2) is 65.7 Å². The predicted octanol–water partition coefficient (Wildman–Crippen LogP) is 2.90. The normalized spacial score (nSPS) is 15.2. The molecule has 1 aliphatic heterocycles. The summed E-state index contributed by atoms with van der Waals surface area (Å²) < 4.78 is 27.2. The summed E-state index contributed by atoms with van der Waals surface area (Å²) in [5.74, 6) is -0.0507. The summed E-state index contributed by atoms with van der Waals surface area (Å²) in [6.45, 7) is 3.62. The number of pyridine rings is 1. The smallest absolute Gasteiger partial charge is 0.240 e. The van der Waals surface area contributed by atoms with Crippen molar-refractivity contribution in [3.8, 4) is 0 Å². The maximum Gasteiger partial charge on any atom is 0.240 e. The molecule has 0 aliphatic carbocycles. The van der Waals surface area contributed by atoms with Crippen molar-refractivity contribution >= 4 is 38.4 Å². The third-order valence-electron chi connectivity index (χ3n) is 5.57. The number of piperazine rings is 1. The van der Waals surface area contributed by atoms with Crippen molar-refractivity contribution in [1.29, 1.82) is 0 Å². The Morgan fingerprint density at radius 1 is 1.03 bits per heavy atom. The summed E-state index contributed by atoms with van der Waals surface area (Å²) in [7, 11) is -3.69. The van der Waals surface area contributed by atoms with Gasteiger partial charge in [-0.1, -0.05) is 41.9 Å². The minimum absolute atomic E-state index is 0.0507. The number of sulfonamides is 1. The highest BCUT2D eigenvalue weighted by Gasteiger charge is 2.22. The van der Waals surface area contributed by atoms with Crippen molar-refractivity contribution in [2.75, 3.05) is 32.7 Å². The summed E-state index contributed by atoms with van der Waals surface area (Å²) >= 11 is 5.87. The van der Waals surface area contributed by atoms with E-state index in [0.717, 1.165) is 30.5 Å². The Balaban J connectivity index is 1.26. The molecular weight excluding hydrogens is 448 g/mol. The molecule has 2 aromatic carbocycles. The van der Waals surface area contributed by atoms with Gasteiger partial charge in [-0.25, -0.2) is 13.1 Å². The van der Waals surface area contributed by atoms with E-state index in [0.29, 0.717) is 18.1 Å². The third-order valence-corrected chi connectivity index (χ3v) is 7.27. The van der Waals surface area contributed by atoms with Crippen LogP contribution in [-0.2, 0) is 21.4 Å². The number of hydrogen-bond donors (Lipinski definition) is 1. The zero-order valence-electron chi connectivity index (χ0n) is 17.6. The molecule has 1 saturated heterocycles. The monoisotopic (exact) mass is 472 g/mol. The number of rotatable bonds is 7. The molecule has 0 spiro atoms. The molecule has 0 bridgehead atoms. The van der Waals surface area contributed by atoms with Crippen LogP contribution in [-0.4, -0.2) is 61.8 Å². The molecule has 2 heterocycles. The van der Waals surface area contributed by atoms with Crippen LogP contribution >= 0.6 is 11.6 Å². The number of carbonyl (C=O) groups is 1. The molecule has 0 unspecified atom stereocenters. The SMILES string of the molecule is O=C(CCNS(=O)(=O)c1cccc(Cl)c1)N1CCN(Cc2cccc3cccnc23)CC1. The quantitative estimate of drug-likeness (QED) is 0.571. The minimum atomic E-state index is -3.69. The van der Waals surface area contributed by atoms with Crippen LogP contribution in [0.3, 0.4) is 0 Å². The zero-order chi connectivity index (χ0) is 22.6. The van der Waals surface area contributed by atoms with Crippen molar-refractivity contribution < 1.29 is 13.2 Å². The fourth-order valence-corrected chi connectivity index (χ4v) is 5.19. The molecule has 1 fully saturated rings. The molecule has 0 radical (unpaired) electrons. The maximum absolute atomic E-state index is 12.6. The lowest BCUT2D eigenvalue weighted by Gasteiger charge is -2.35. The molecule has 1 N–H and O–H groups in total. The highest BCUT2D eigenvalue weighted by atomic mass is 35.5. The van der Waals surface area contributed by atoms with E-state index in [1.54, 1.807) is 17.0 Å². The Morgan fingerprint density at radius 2 is 1.78 bits per heavy atom. The maximum atomic E-state index is 12.6. The number of carbonyl (C=O) groups excluding carboxylic acids is 1. The van der Waals surface area contributed by atoms with Gasteiger partial charge in [0.25, 0.3) is 0 Å². The van der Waals surface area contributed by atoms with Crippen LogP contribution in [0.25, 0.3) is 10.9 Å². The molecule has 32 heavy (non-hydrogen) atoms. The molecule has 3 aromatic rings. The first-order chi connectivity index (χ1) is 15.4. The summed E-state index contributed by atoms with van der Waals surface area (Å²) in [5, 5.41) is 1.47. The van der Waals surface area contributed by atoms with Gasteiger partial charge in [0, 0.05) is 62.3 Å². The third kappa shape index (κ3) is 5.45. The summed E-state index contributed by atoms with van der Waals surface area (Å²) in [6.07, 6.45) is 1.93. The number of para-hydroxylation sites is 1. The van der Waals surface area contributed by atoms with Crippen LogP contribution in [0.4, 0.5) is 0 Å². The van der Waals surface area contributed by atoms with Gasteiger partial charge in [0.2, 0.25) is 15.9 Å². The van der Waals surface area contributed by atoms with Gasteiger partial charge >= 0.3 is 0 Å². The van der Waals surface area contributed by atoms with Gasteiger partial charge in [-0.05, 0) is 29.8 Å². The number of aromatic nitrogens is 1. The van der Waals surface area contributed by atoms with E-state index < -0.39 is 10.0 Å². The fraction of sp³-hybridized carbons (Fsp3) is 0.304. The molecule has 9 heteroatoms. The molecule has 7 nitrogen and oxygen atoms in total. The number of halogens is 1. The second kappa shape index (κ2) is 9.95. The fourth-order valence-electron chi connectivity index (χ4n) is 3.86. The van der Waals surface area contributed by atoms with E-state index in [9.17, 15) is 13.2 Å². The Labute approximate surface area is 193 Å². The van der Waals surface area contributed by atoms with Gasteiger partial charge in [0.05, 0.1) is 10.4 Å². The summed E-state index contributed by atoms with van der Waals surface area (Å²) in [4.78, 5) is 21.3. The molecular formula is C23H25ClN4O3S. The van der Waals surface area contributed by atoms with Gasteiger partial charge in [0.15, 0.2) is 0 Å². The zero-order valence-corrected chi connectivity index (χ0v) is 19.1. The molecule has 168 valence electrons. The van der Waals surface area contributed by atoms with Gasteiger partial charge in [-0.15, -0.1) is 0 Å². The molecule has 1 aliphatic rings. The van der Waals surface area contributed by atoms with Crippen molar-refractivity contribution in [3.63, 3.8) is 0 Å². The number of hydrogen-bond acceptors (Lipinski definition) is 5. The lowest BCUT2D eigenvalue weighted by atomic mass is 10.1. The minimum Gasteiger partial charge on any atom is -0.340 e. The van der Waals surface area contributed by atoms with Crippen LogP contribution < -0.4 is 4.72 Å². The second-order valence-corrected chi connectivity index (χ2v) is 9.96. The van der Waals surface area contributed by atoms with E-state index >= 15 is 0 Å². The van der Waals surface area contributed by atoms with Gasteiger partial charge < -0.3 is 4.90 Å². The number of amides is 1. The van der Waals surface area contributed by atoms with Crippen LogP contribution in [0.2, 0.25) is 5.02 Å². The Hall–Kier alpha value is -2.52. The van der Waals surface area contributed by atoms with Crippen molar-refractivity contribution in [2.24, 2.45) is 0 Å². The van der Waals surface area contributed by atoms with Crippen LogP contribution in [0, 0.1) is 0 Å². The Morgan fingerprint density at radius 3 is 2.56 bits per heavy atom. The largest absolute Gasteiger partial charge is 0.340 e. The summed E-state index contributed by atoms with van der Waals surface area (Å²) in [6, 6.07) is 16.2. The number of nitrogens with zero attached hydrogens (tertiary/aromatic N) is 3. The van der Waals surface area contributed by atoms with E-state index in [2.05, 4.69) is 32.8 Å².